The number of hydrogen-bond acceptors (Lipinski definition) is 5. The zero-order chi connectivity index (χ0) is 20.0. The van der Waals surface area contributed by atoms with E-state index in [-0.39, 0.29) is 17.4 Å². The summed E-state index contributed by atoms with van der Waals surface area (Å²) in [5, 5.41) is 8.40. The largest absolute Gasteiger partial charge is 0.379 e. The molecule has 4 heterocycles. The first-order valence-electron chi connectivity index (χ1n) is 10.4. The number of piperidine rings is 1. The number of carbonyl (C=O) groups excluding carboxylic acids is 2. The number of amides is 2. The molecule has 3 saturated heterocycles. The van der Waals surface area contributed by atoms with E-state index in [1.54, 1.807) is 4.68 Å². The molecule has 2 amide bonds. The number of nitrogens with zero attached hydrogens (tertiary/aromatic N) is 4. The number of aromatic nitrogens is 2. The number of rotatable bonds is 2. The van der Waals surface area contributed by atoms with Crippen molar-refractivity contribution in [2.24, 2.45) is 7.05 Å². The molecule has 154 valence electrons. The first kappa shape index (κ1) is 18.6. The lowest BCUT2D eigenvalue weighted by atomic mass is 9.89. The van der Waals surface area contributed by atoms with Crippen LogP contribution in [0.5, 0.6) is 0 Å². The molecule has 3 aliphatic heterocycles. The Morgan fingerprint density at radius 2 is 2.07 bits per heavy atom. The van der Waals surface area contributed by atoms with Gasteiger partial charge in [0, 0.05) is 44.7 Å². The fourth-order valence-corrected chi connectivity index (χ4v) is 5.12. The van der Waals surface area contributed by atoms with Gasteiger partial charge in [0.05, 0.1) is 24.2 Å². The maximum atomic E-state index is 13.2. The van der Waals surface area contributed by atoms with Gasteiger partial charge in [-0.25, -0.2) is 0 Å². The first-order valence-corrected chi connectivity index (χ1v) is 10.4. The van der Waals surface area contributed by atoms with Gasteiger partial charge in [-0.3, -0.25) is 19.2 Å². The number of piperazine rings is 1. The van der Waals surface area contributed by atoms with Crippen LogP contribution in [-0.4, -0.2) is 82.4 Å². The zero-order valence-corrected chi connectivity index (χ0v) is 16.8. The van der Waals surface area contributed by atoms with Crippen molar-refractivity contribution in [1.29, 1.82) is 0 Å². The highest BCUT2D eigenvalue weighted by Gasteiger charge is 2.47. The molecule has 1 aromatic heterocycles. The van der Waals surface area contributed by atoms with Crippen molar-refractivity contribution >= 4 is 22.7 Å². The second-order valence-corrected chi connectivity index (χ2v) is 8.44. The van der Waals surface area contributed by atoms with Crippen LogP contribution >= 0.6 is 0 Å². The molecule has 0 radical (unpaired) electrons. The number of fused-ring (bicyclic) bond motifs is 1. The summed E-state index contributed by atoms with van der Waals surface area (Å²) < 4.78 is 7.46. The van der Waals surface area contributed by atoms with Gasteiger partial charge in [0.25, 0.3) is 5.91 Å². The van der Waals surface area contributed by atoms with Gasteiger partial charge in [0.1, 0.15) is 0 Å². The van der Waals surface area contributed by atoms with Crippen molar-refractivity contribution in [1.82, 2.24) is 24.9 Å². The fraction of sp³-hybridized carbons (Fsp3) is 0.571. The van der Waals surface area contributed by atoms with Crippen molar-refractivity contribution in [3.05, 3.63) is 30.0 Å². The molecule has 1 unspecified atom stereocenters. The highest BCUT2D eigenvalue weighted by Crippen LogP contribution is 2.33. The number of nitrogens with one attached hydrogen (secondary N) is 1. The van der Waals surface area contributed by atoms with Gasteiger partial charge in [0.2, 0.25) is 5.91 Å². The number of para-hydroxylation sites is 1. The third-order valence-corrected chi connectivity index (χ3v) is 6.77. The molecule has 8 heteroatoms. The number of benzene rings is 1. The van der Waals surface area contributed by atoms with Crippen LogP contribution in [0.15, 0.2) is 24.3 Å². The molecule has 5 rings (SSSR count). The first-order chi connectivity index (χ1) is 14.1. The van der Waals surface area contributed by atoms with E-state index in [0.717, 1.165) is 36.8 Å². The third kappa shape index (κ3) is 3.11. The number of ether oxygens (including phenoxy) is 1. The minimum Gasteiger partial charge on any atom is -0.379 e. The van der Waals surface area contributed by atoms with Gasteiger partial charge in [-0.05, 0) is 25.3 Å². The molecule has 3 aliphatic rings. The Morgan fingerprint density at radius 3 is 2.83 bits per heavy atom. The van der Waals surface area contributed by atoms with Crippen LogP contribution in [0.2, 0.25) is 0 Å². The average Bonchev–Trinajstić information content (AvgIpc) is 3.35. The average molecular weight is 397 g/mol. The SMILES string of the molecule is Cn1nc(C(=O)N2CCC(N3CC(=O)NCC34CCOC4)CC2)c2ccccc21. The third-order valence-electron chi connectivity index (χ3n) is 6.77. The number of carbonyl (C=O) groups is 2. The lowest BCUT2D eigenvalue weighted by molar-refractivity contribution is -0.131. The summed E-state index contributed by atoms with van der Waals surface area (Å²) in [6, 6.07) is 8.14. The smallest absolute Gasteiger partial charge is 0.275 e. The normalized spacial score (nSPS) is 26.4. The lowest BCUT2D eigenvalue weighted by Gasteiger charge is -2.49. The molecule has 0 bridgehead atoms. The van der Waals surface area contributed by atoms with Gasteiger partial charge in [-0.2, -0.15) is 5.10 Å². The number of aryl methyl sites for hydroxylation is 1. The highest BCUT2D eigenvalue weighted by molar-refractivity contribution is 6.04. The summed E-state index contributed by atoms with van der Waals surface area (Å²) in [6.45, 7) is 3.87. The molecule has 8 nitrogen and oxygen atoms in total. The van der Waals surface area contributed by atoms with Gasteiger partial charge in [0.15, 0.2) is 5.69 Å². The maximum Gasteiger partial charge on any atom is 0.275 e. The zero-order valence-electron chi connectivity index (χ0n) is 16.8. The van der Waals surface area contributed by atoms with E-state index in [0.29, 0.717) is 44.5 Å². The highest BCUT2D eigenvalue weighted by atomic mass is 16.5. The monoisotopic (exact) mass is 397 g/mol. The number of hydrogen-bond donors (Lipinski definition) is 1. The summed E-state index contributed by atoms with van der Waals surface area (Å²) in [7, 11) is 1.87. The van der Waals surface area contributed by atoms with Crippen LogP contribution in [0.3, 0.4) is 0 Å². The second-order valence-electron chi connectivity index (χ2n) is 8.44. The van der Waals surface area contributed by atoms with E-state index in [1.807, 2.05) is 36.2 Å². The minimum absolute atomic E-state index is 0.00412. The van der Waals surface area contributed by atoms with Crippen LogP contribution < -0.4 is 5.32 Å². The van der Waals surface area contributed by atoms with Crippen molar-refractivity contribution in [3.63, 3.8) is 0 Å². The Kier molecular flexibility index (Phi) is 4.55. The van der Waals surface area contributed by atoms with Crippen molar-refractivity contribution in [2.75, 3.05) is 39.4 Å². The van der Waals surface area contributed by atoms with Gasteiger partial charge in [-0.1, -0.05) is 18.2 Å². The Labute approximate surface area is 169 Å². The Bertz CT molecular complexity index is 941. The standard InChI is InChI=1S/C21H27N5O3/c1-24-17-5-3-2-4-16(17)19(23-24)20(28)25-9-6-15(7-10-25)26-12-18(27)22-13-21(26)8-11-29-14-21/h2-5,15H,6-14H2,1H3,(H,22,27). The lowest BCUT2D eigenvalue weighted by Crippen LogP contribution is -2.67. The van der Waals surface area contributed by atoms with E-state index < -0.39 is 0 Å². The fourth-order valence-electron chi connectivity index (χ4n) is 5.12. The molecular formula is C21H27N5O3. The molecule has 1 atom stereocenters. The van der Waals surface area contributed by atoms with Crippen LogP contribution in [0.1, 0.15) is 29.8 Å². The van der Waals surface area contributed by atoms with Crippen molar-refractivity contribution < 1.29 is 14.3 Å². The minimum atomic E-state index is -0.0814. The molecule has 3 fully saturated rings. The molecule has 0 aliphatic carbocycles. The maximum absolute atomic E-state index is 13.2. The van der Waals surface area contributed by atoms with Gasteiger partial charge >= 0.3 is 0 Å². The summed E-state index contributed by atoms with van der Waals surface area (Å²) in [5.74, 6) is 0.0801. The predicted octanol–water partition coefficient (Wildman–Crippen LogP) is 0.769. The summed E-state index contributed by atoms with van der Waals surface area (Å²) >= 11 is 0. The summed E-state index contributed by atoms with van der Waals surface area (Å²) in [4.78, 5) is 29.5. The van der Waals surface area contributed by atoms with Crippen LogP contribution in [-0.2, 0) is 16.6 Å². The van der Waals surface area contributed by atoms with E-state index in [2.05, 4.69) is 15.3 Å². The Morgan fingerprint density at radius 1 is 1.28 bits per heavy atom. The number of likely N-dealkylation sites (tertiary alicyclic amines) is 1. The molecule has 29 heavy (non-hydrogen) atoms. The Balaban J connectivity index is 1.31. The quantitative estimate of drug-likeness (QED) is 0.810. The van der Waals surface area contributed by atoms with E-state index in [1.165, 1.54) is 0 Å². The summed E-state index contributed by atoms with van der Waals surface area (Å²) in [5.41, 5.74) is 1.41. The van der Waals surface area contributed by atoms with Crippen LogP contribution in [0.4, 0.5) is 0 Å². The van der Waals surface area contributed by atoms with Crippen molar-refractivity contribution in [2.45, 2.75) is 30.8 Å². The second kappa shape index (κ2) is 7.11. The van der Waals surface area contributed by atoms with Crippen molar-refractivity contribution in [3.8, 4) is 0 Å². The molecule has 1 aromatic carbocycles. The van der Waals surface area contributed by atoms with Gasteiger partial charge < -0.3 is 15.0 Å². The van der Waals surface area contributed by atoms with E-state index in [9.17, 15) is 9.59 Å². The molecule has 1 spiro atoms. The van der Waals surface area contributed by atoms with Crippen LogP contribution in [0, 0.1) is 0 Å². The summed E-state index contributed by atoms with van der Waals surface area (Å²) in [6.07, 6.45) is 2.68. The van der Waals surface area contributed by atoms with Crippen LogP contribution in [0.25, 0.3) is 10.9 Å². The Hall–Kier alpha value is -2.45. The molecule has 0 saturated carbocycles. The van der Waals surface area contributed by atoms with E-state index in [4.69, 9.17) is 4.74 Å². The van der Waals surface area contributed by atoms with E-state index >= 15 is 0 Å². The topological polar surface area (TPSA) is 79.7 Å². The van der Waals surface area contributed by atoms with Gasteiger partial charge in [-0.15, -0.1) is 0 Å². The molecule has 2 aromatic rings. The molecule has 1 N–H and O–H groups in total. The molecular weight excluding hydrogens is 370 g/mol. The predicted molar refractivity (Wildman–Crippen MR) is 108 cm³/mol.